The number of hydrogen-bond acceptors (Lipinski definition) is 11. The van der Waals surface area contributed by atoms with Crippen LogP contribution < -0.4 is 28.3 Å². The highest BCUT2D eigenvalue weighted by Crippen LogP contribution is 2.56. The number of ether oxygens (including phenoxy) is 1. The summed E-state index contributed by atoms with van der Waals surface area (Å²) in [6.07, 6.45) is -3.65. The van der Waals surface area contributed by atoms with Crippen molar-refractivity contribution in [2.45, 2.75) is 147 Å². The number of fused-ring (bicyclic) bond motifs is 6. The highest BCUT2D eigenvalue weighted by atomic mass is 35.5. The van der Waals surface area contributed by atoms with E-state index in [0.717, 1.165) is 18.2 Å². The molecule has 3 aromatic heterocycles. The zero-order chi connectivity index (χ0) is 71.4. The molecule has 3 fully saturated rings. The Morgan fingerprint density at radius 3 is 1.27 bits per heavy atom. The van der Waals surface area contributed by atoms with Crippen molar-refractivity contribution in [3.05, 3.63) is 162 Å². The van der Waals surface area contributed by atoms with Crippen molar-refractivity contribution in [1.82, 2.24) is 44.5 Å². The molecular formula is C66H70Cl3F9N14O6. The molecule has 32 heteroatoms. The molecule has 9 N–H and O–H groups in total. The molecule has 524 valence electrons. The maximum absolute atomic E-state index is 14.2. The molecule has 0 saturated heterocycles. The van der Waals surface area contributed by atoms with Gasteiger partial charge in [0.05, 0.1) is 98.1 Å². The van der Waals surface area contributed by atoms with Gasteiger partial charge in [0.2, 0.25) is 5.91 Å². The zero-order valence-electron chi connectivity index (χ0n) is 53.0. The van der Waals surface area contributed by atoms with Gasteiger partial charge in [-0.25, -0.2) is 49.2 Å². The number of rotatable bonds is 8. The Balaban J connectivity index is 0.000000184. The summed E-state index contributed by atoms with van der Waals surface area (Å²) in [5.41, 5.74) is 20.8. The Bertz CT molecular complexity index is 4300. The normalized spacial score (nSPS) is 17.7. The van der Waals surface area contributed by atoms with Gasteiger partial charge in [-0.15, -0.1) is 0 Å². The van der Waals surface area contributed by atoms with E-state index in [0.29, 0.717) is 40.2 Å². The fourth-order valence-corrected chi connectivity index (χ4v) is 13.8. The number of hydrogen-bond donors (Lipinski definition) is 5. The van der Waals surface area contributed by atoms with Crippen LogP contribution in [0, 0.1) is 24.0 Å². The lowest BCUT2D eigenvalue weighted by Gasteiger charge is -2.52. The van der Waals surface area contributed by atoms with Gasteiger partial charge >= 0.3 is 6.09 Å². The van der Waals surface area contributed by atoms with Crippen LogP contribution >= 0.6 is 34.8 Å². The van der Waals surface area contributed by atoms with E-state index in [1.165, 1.54) is 67.3 Å². The van der Waals surface area contributed by atoms with Crippen LogP contribution in [0.4, 0.5) is 50.0 Å². The van der Waals surface area contributed by atoms with Gasteiger partial charge in [-0.1, -0.05) is 80.3 Å². The quantitative estimate of drug-likeness (QED) is 0.0705. The van der Waals surface area contributed by atoms with E-state index < -0.39 is 107 Å². The number of nitrogens with one attached hydrogen (secondary N) is 1. The number of nitrogens with two attached hydrogens (primary N) is 4. The molecule has 13 rings (SSSR count). The van der Waals surface area contributed by atoms with Crippen LogP contribution in [0.2, 0.25) is 15.1 Å². The highest BCUT2D eigenvalue weighted by Gasteiger charge is 2.64. The van der Waals surface area contributed by atoms with Gasteiger partial charge in [0.15, 0.2) is 5.69 Å². The van der Waals surface area contributed by atoms with Crippen molar-refractivity contribution in [2.75, 3.05) is 26.7 Å². The number of amides is 5. The molecule has 4 aromatic carbocycles. The van der Waals surface area contributed by atoms with Gasteiger partial charge in [0.1, 0.15) is 40.1 Å². The highest BCUT2D eigenvalue weighted by molar-refractivity contribution is 6.31. The van der Waals surface area contributed by atoms with Crippen molar-refractivity contribution < 1.29 is 68.2 Å². The van der Waals surface area contributed by atoms with E-state index in [-0.39, 0.29) is 126 Å². The Morgan fingerprint density at radius 1 is 0.571 bits per heavy atom. The van der Waals surface area contributed by atoms with Crippen LogP contribution in [0.5, 0.6) is 0 Å². The van der Waals surface area contributed by atoms with Gasteiger partial charge < -0.3 is 37.9 Å². The fraction of sp³-hybridized carbons (Fsp3) is 0.409. The van der Waals surface area contributed by atoms with Crippen LogP contribution in [0.1, 0.15) is 134 Å². The molecule has 3 spiro atoms. The monoisotopic (exact) mass is 1430 g/mol. The first-order valence-electron chi connectivity index (χ1n) is 30.2. The van der Waals surface area contributed by atoms with Gasteiger partial charge in [-0.05, 0) is 88.0 Å². The Hall–Kier alpha value is -8.69. The van der Waals surface area contributed by atoms with Crippen LogP contribution in [-0.4, -0.2) is 119 Å². The molecule has 0 unspecified atom stereocenters. The first-order chi connectivity index (χ1) is 45.5. The zero-order valence-corrected chi connectivity index (χ0v) is 55.3. The minimum absolute atomic E-state index is 0. The number of benzene rings is 4. The maximum Gasteiger partial charge on any atom is 0.410 e. The van der Waals surface area contributed by atoms with E-state index >= 15 is 0 Å². The molecule has 3 aliphatic carbocycles. The van der Waals surface area contributed by atoms with Gasteiger partial charge in [0.25, 0.3) is 35.5 Å². The summed E-state index contributed by atoms with van der Waals surface area (Å²) in [4.78, 5) is 69.0. The minimum Gasteiger partial charge on any atom is -0.444 e. The predicted octanol–water partition coefficient (Wildman–Crippen LogP) is 12.9. The van der Waals surface area contributed by atoms with Crippen LogP contribution in [0.3, 0.4) is 0 Å². The van der Waals surface area contributed by atoms with E-state index in [2.05, 4.69) is 31.2 Å². The lowest BCUT2D eigenvalue weighted by atomic mass is 9.72. The smallest absolute Gasteiger partial charge is 0.410 e. The number of nitrogens with zero attached hydrogens (tertiary/aromatic N) is 9. The number of carbonyl (C=O) groups is 5. The average molecular weight is 1430 g/mol. The molecule has 0 atom stereocenters. The molecule has 3 saturated carbocycles. The second-order valence-corrected chi connectivity index (χ2v) is 26.4. The Kier molecular flexibility index (Phi) is 21.4. The Labute approximate surface area is 572 Å². The van der Waals surface area contributed by atoms with Crippen molar-refractivity contribution in [3.63, 3.8) is 0 Å². The van der Waals surface area contributed by atoms with Gasteiger partial charge in [-0.3, -0.25) is 38.1 Å². The second kappa shape index (κ2) is 27.9. The lowest BCUT2D eigenvalue weighted by Crippen LogP contribution is -2.63. The van der Waals surface area contributed by atoms with E-state index in [4.69, 9.17) is 63.3 Å². The fourth-order valence-electron chi connectivity index (χ4n) is 13.2. The largest absolute Gasteiger partial charge is 0.444 e. The van der Waals surface area contributed by atoms with E-state index in [1.54, 1.807) is 45.0 Å². The topological polar surface area (TPSA) is 275 Å². The molecule has 20 nitrogen and oxygen atoms in total. The molecule has 0 radical (unpaired) electrons. The molecule has 3 aliphatic heterocycles. The van der Waals surface area contributed by atoms with Crippen molar-refractivity contribution in [3.8, 4) is 33.8 Å². The predicted molar refractivity (Wildman–Crippen MR) is 348 cm³/mol. The number of alkyl halides is 6. The standard InChI is InChI=1S/C25H19ClF3N5O2.C21H22ClF3N4O3.C16H14ClF3N4O.C2H6.CH5N.CH4/c1-31-16-5-2-14(3-6-16)8-20(35)33-10-19-21(23(30)36)22(15-4-7-18(27)17(26)9-15)32-34(19)24(13-33)11-25(28,29)12-24;1-19(2,3)32-18(31)28-7-14-15(17(26)30)16(11-4-5-13(23)12(22)6-11)27-29(14)20(10-28)8-21(24,25)9-20;17-9-3-8(1-2-10(9)18)13-12(14(21)25)11-4-22-7-15(24(11)23-13)5-16(19,20)6-15;2*1-2;/h2-7,9H,8,10-13H2,(H2,30,36);4-6H,7-10H2,1-3H3,(H2,26,30);1-3,22H,4-7H2,(H2,21,25);1-2H3;2H2,1H3;1H4. The summed E-state index contributed by atoms with van der Waals surface area (Å²) >= 11 is 17.6. The molecule has 7 aromatic rings. The molecular weight excluding hydrogens is 1360 g/mol. The molecule has 5 amide bonds. The number of aromatic nitrogens is 6. The summed E-state index contributed by atoms with van der Waals surface area (Å²) in [5.74, 6) is -13.3. The summed E-state index contributed by atoms with van der Waals surface area (Å²) in [6.45, 7) is 16.5. The number of primary amides is 3. The third kappa shape index (κ3) is 14.7. The van der Waals surface area contributed by atoms with Crippen LogP contribution in [0.15, 0.2) is 78.9 Å². The third-order valence-corrected chi connectivity index (χ3v) is 17.8. The minimum atomic E-state index is -2.95. The van der Waals surface area contributed by atoms with E-state index in [1.807, 2.05) is 13.8 Å². The first kappa shape index (κ1) is 75.1. The van der Waals surface area contributed by atoms with Crippen LogP contribution in [0.25, 0.3) is 38.6 Å². The Morgan fingerprint density at radius 2 is 0.918 bits per heavy atom. The number of halogens is 12. The van der Waals surface area contributed by atoms with Crippen LogP contribution in [-0.2, 0) is 52.2 Å². The maximum atomic E-state index is 14.2. The van der Waals surface area contributed by atoms with E-state index in [9.17, 15) is 63.5 Å². The van der Waals surface area contributed by atoms with Crippen molar-refractivity contribution in [1.29, 1.82) is 0 Å². The molecule has 98 heavy (non-hydrogen) atoms. The molecule has 0 bridgehead atoms. The lowest BCUT2D eigenvalue weighted by molar-refractivity contribution is -0.176. The molecule has 6 aliphatic rings. The van der Waals surface area contributed by atoms with Crippen molar-refractivity contribution in [2.24, 2.45) is 22.9 Å². The number of carbonyl (C=O) groups excluding carboxylic acids is 5. The summed E-state index contributed by atoms with van der Waals surface area (Å²) < 4.78 is 134. The average Bonchev–Trinajstić information content (AvgIpc) is 1.49. The van der Waals surface area contributed by atoms with Crippen molar-refractivity contribution >= 4 is 70.2 Å². The molecule has 6 heterocycles. The summed E-state index contributed by atoms with van der Waals surface area (Å²) in [7, 11) is 1.50. The first-order valence-corrected chi connectivity index (χ1v) is 31.4. The second-order valence-electron chi connectivity index (χ2n) is 25.2. The summed E-state index contributed by atoms with van der Waals surface area (Å²) in [6, 6.07) is 18.0. The summed E-state index contributed by atoms with van der Waals surface area (Å²) in [5, 5.41) is 15.9. The third-order valence-electron chi connectivity index (χ3n) is 17.0. The van der Waals surface area contributed by atoms with Gasteiger partial charge in [0, 0.05) is 74.8 Å². The van der Waals surface area contributed by atoms with Gasteiger partial charge in [-0.2, -0.15) is 15.3 Å². The SMILES string of the molecule is C.CC.CC(C)(C)OC(=O)N1Cc2c(C(N)=O)c(-c3ccc(F)c(Cl)c3)nn2C2(C1)CC(F)(F)C2.CN.NC(=O)c1c(-c2ccc(F)c(Cl)c2)nn2c1CNCC21CC(F)(F)C1.[C-]#[N+]c1ccc(CC(=O)N2Cc3c(C(N)=O)c(-c4ccc(F)c(Cl)c4)nn3C3(C2)CC(F)(F)C3)cc1.